The number of carbonyl (C=O) groups excluding carboxylic acids is 1. The molecule has 4 aromatic rings. The Hall–Kier alpha value is -4.27. The molecule has 0 radical (unpaired) electrons. The zero-order chi connectivity index (χ0) is 23.4. The number of hydrogen-bond acceptors (Lipinski definition) is 6. The number of para-hydroxylation sites is 1. The van der Waals surface area contributed by atoms with Crippen molar-refractivity contribution in [2.24, 2.45) is 0 Å². The van der Waals surface area contributed by atoms with Gasteiger partial charge in [0.1, 0.15) is 18.0 Å². The maximum Gasteiger partial charge on any atom is 0.387 e. The number of carbonyl (C=O) groups is 1. The van der Waals surface area contributed by atoms with Crippen LogP contribution in [-0.2, 0) is 11.3 Å². The first-order valence-corrected chi connectivity index (χ1v) is 9.97. The number of benzene rings is 2. The summed E-state index contributed by atoms with van der Waals surface area (Å²) in [6.07, 6.45) is 0. The molecule has 33 heavy (non-hydrogen) atoms. The lowest BCUT2D eigenvalue weighted by molar-refractivity contribution is -0.0498. The second-order valence-electron chi connectivity index (χ2n) is 7.10. The van der Waals surface area contributed by atoms with Crippen LogP contribution in [0.4, 0.5) is 20.2 Å². The van der Waals surface area contributed by atoms with Crippen LogP contribution in [0.25, 0.3) is 5.65 Å². The molecular weight excluding hydrogens is 432 g/mol. The molecule has 4 rings (SSSR count). The second kappa shape index (κ2) is 9.47. The van der Waals surface area contributed by atoms with Crippen molar-refractivity contribution in [1.29, 1.82) is 0 Å². The molecule has 0 atom stereocenters. The van der Waals surface area contributed by atoms with E-state index in [1.165, 1.54) is 22.6 Å². The molecule has 9 heteroatoms. The van der Waals surface area contributed by atoms with Crippen LogP contribution in [-0.4, -0.2) is 22.0 Å². The van der Waals surface area contributed by atoms with E-state index in [4.69, 9.17) is 4.74 Å². The molecular formula is C24H19F2N3O4. The standard InChI is InChI=1S/C24H19F2N3O4/c1-15-5-4-8-21-28-17(13-22(30)29(15)21)14-32-23(31)19-6-2-3-7-20(19)27-16-9-11-18(12-10-16)33-24(25)26/h2-13,24,27H,14H2,1H3. The van der Waals surface area contributed by atoms with Gasteiger partial charge in [-0.15, -0.1) is 0 Å². The van der Waals surface area contributed by atoms with Gasteiger partial charge in [0.15, 0.2) is 0 Å². The van der Waals surface area contributed by atoms with Crippen LogP contribution in [0, 0.1) is 6.92 Å². The first-order chi connectivity index (χ1) is 15.9. The Kier molecular flexibility index (Phi) is 6.30. The number of nitrogens with one attached hydrogen (secondary N) is 1. The van der Waals surface area contributed by atoms with Gasteiger partial charge in [-0.1, -0.05) is 18.2 Å². The molecule has 0 spiro atoms. The summed E-state index contributed by atoms with van der Waals surface area (Å²) in [6.45, 7) is -1.28. The van der Waals surface area contributed by atoms with Crippen molar-refractivity contribution in [3.63, 3.8) is 0 Å². The fourth-order valence-electron chi connectivity index (χ4n) is 3.30. The van der Waals surface area contributed by atoms with Gasteiger partial charge in [-0.05, 0) is 55.5 Å². The van der Waals surface area contributed by atoms with Gasteiger partial charge < -0.3 is 14.8 Å². The van der Waals surface area contributed by atoms with Gasteiger partial charge in [0.2, 0.25) is 0 Å². The number of alkyl halides is 2. The van der Waals surface area contributed by atoms with E-state index in [1.807, 2.05) is 0 Å². The van der Waals surface area contributed by atoms with E-state index in [2.05, 4.69) is 15.0 Å². The molecule has 0 aliphatic carbocycles. The fraction of sp³-hybridized carbons (Fsp3) is 0.125. The number of ether oxygens (including phenoxy) is 2. The van der Waals surface area contributed by atoms with E-state index >= 15 is 0 Å². The third kappa shape index (κ3) is 5.15. The number of anilines is 2. The molecule has 7 nitrogen and oxygen atoms in total. The Morgan fingerprint density at radius 2 is 1.82 bits per heavy atom. The van der Waals surface area contributed by atoms with Crippen LogP contribution < -0.4 is 15.6 Å². The molecule has 2 aromatic heterocycles. The molecule has 2 heterocycles. The minimum atomic E-state index is -2.91. The number of rotatable bonds is 7. The van der Waals surface area contributed by atoms with Gasteiger partial charge in [-0.3, -0.25) is 9.20 Å². The number of aromatic nitrogens is 2. The van der Waals surface area contributed by atoms with E-state index in [0.29, 0.717) is 22.7 Å². The molecule has 0 aliphatic heterocycles. The van der Waals surface area contributed by atoms with Crippen molar-refractivity contribution >= 4 is 23.0 Å². The predicted octanol–water partition coefficient (Wildman–Crippen LogP) is 4.70. The van der Waals surface area contributed by atoms with E-state index in [-0.39, 0.29) is 23.5 Å². The lowest BCUT2D eigenvalue weighted by Crippen LogP contribution is -2.18. The van der Waals surface area contributed by atoms with Gasteiger partial charge in [-0.2, -0.15) is 8.78 Å². The Labute approximate surface area is 187 Å². The van der Waals surface area contributed by atoms with E-state index in [0.717, 1.165) is 5.69 Å². The first kappa shape index (κ1) is 21.9. The number of aryl methyl sites for hydroxylation is 1. The number of fused-ring (bicyclic) bond motifs is 1. The minimum Gasteiger partial charge on any atom is -0.456 e. The third-order valence-corrected chi connectivity index (χ3v) is 4.79. The number of hydrogen-bond donors (Lipinski definition) is 1. The van der Waals surface area contributed by atoms with Crippen LogP contribution in [0.1, 0.15) is 21.7 Å². The lowest BCUT2D eigenvalue weighted by Gasteiger charge is -2.13. The average Bonchev–Trinajstić information content (AvgIpc) is 2.79. The van der Waals surface area contributed by atoms with Gasteiger partial charge >= 0.3 is 12.6 Å². The molecule has 0 aliphatic rings. The fourth-order valence-corrected chi connectivity index (χ4v) is 3.30. The quantitative estimate of drug-likeness (QED) is 0.410. The number of halogens is 2. The average molecular weight is 451 g/mol. The van der Waals surface area contributed by atoms with Crippen LogP contribution >= 0.6 is 0 Å². The summed E-state index contributed by atoms with van der Waals surface area (Å²) in [5, 5.41) is 3.06. The van der Waals surface area contributed by atoms with Crippen molar-refractivity contribution in [3.8, 4) is 5.75 Å². The third-order valence-electron chi connectivity index (χ3n) is 4.79. The van der Waals surface area contributed by atoms with Gasteiger partial charge in [0, 0.05) is 17.4 Å². The Morgan fingerprint density at radius 1 is 1.06 bits per heavy atom. The topological polar surface area (TPSA) is 81.9 Å². The van der Waals surface area contributed by atoms with E-state index in [1.54, 1.807) is 61.5 Å². The van der Waals surface area contributed by atoms with Crippen molar-refractivity contribution < 1.29 is 23.0 Å². The molecule has 0 amide bonds. The summed E-state index contributed by atoms with van der Waals surface area (Å²) in [6, 6.07) is 19.2. The largest absolute Gasteiger partial charge is 0.456 e. The highest BCUT2D eigenvalue weighted by Crippen LogP contribution is 2.24. The summed E-state index contributed by atoms with van der Waals surface area (Å²) >= 11 is 0. The number of pyridine rings is 1. The second-order valence-corrected chi connectivity index (χ2v) is 7.10. The Bertz CT molecular complexity index is 1350. The van der Waals surface area contributed by atoms with E-state index in [9.17, 15) is 18.4 Å². The molecule has 0 saturated carbocycles. The maximum absolute atomic E-state index is 12.7. The van der Waals surface area contributed by atoms with Crippen molar-refractivity contribution in [2.45, 2.75) is 20.1 Å². The van der Waals surface area contributed by atoms with Gasteiger partial charge in [-0.25, -0.2) is 9.78 Å². The molecule has 168 valence electrons. The zero-order valence-electron chi connectivity index (χ0n) is 17.5. The first-order valence-electron chi connectivity index (χ1n) is 9.97. The SMILES string of the molecule is Cc1cccc2nc(COC(=O)c3ccccc3Nc3ccc(OC(F)F)cc3)cc(=O)n12. The highest BCUT2D eigenvalue weighted by Gasteiger charge is 2.14. The summed E-state index contributed by atoms with van der Waals surface area (Å²) < 4.78 is 35.8. The predicted molar refractivity (Wildman–Crippen MR) is 118 cm³/mol. The highest BCUT2D eigenvalue weighted by atomic mass is 19.3. The summed E-state index contributed by atoms with van der Waals surface area (Å²) in [7, 11) is 0. The van der Waals surface area contributed by atoms with Gasteiger partial charge in [0.05, 0.1) is 16.9 Å². The summed E-state index contributed by atoms with van der Waals surface area (Å²) in [4.78, 5) is 29.5. The molecule has 0 bridgehead atoms. The molecule has 0 fully saturated rings. The van der Waals surface area contributed by atoms with Gasteiger partial charge in [0.25, 0.3) is 5.56 Å². The minimum absolute atomic E-state index is 0.0252. The Morgan fingerprint density at radius 3 is 2.58 bits per heavy atom. The molecule has 2 aromatic carbocycles. The summed E-state index contributed by atoms with van der Waals surface area (Å²) in [5.74, 6) is -0.584. The smallest absolute Gasteiger partial charge is 0.387 e. The lowest BCUT2D eigenvalue weighted by atomic mass is 10.1. The van der Waals surface area contributed by atoms with Crippen LogP contribution in [0.3, 0.4) is 0 Å². The molecule has 0 unspecified atom stereocenters. The monoisotopic (exact) mass is 451 g/mol. The molecule has 1 N–H and O–H groups in total. The van der Waals surface area contributed by atoms with Crippen LogP contribution in [0.5, 0.6) is 5.75 Å². The Balaban J connectivity index is 1.48. The van der Waals surface area contributed by atoms with Crippen molar-refractivity contribution in [2.75, 3.05) is 5.32 Å². The van der Waals surface area contributed by atoms with Crippen LogP contribution in [0.2, 0.25) is 0 Å². The zero-order valence-corrected chi connectivity index (χ0v) is 17.5. The van der Waals surface area contributed by atoms with Crippen LogP contribution in [0.15, 0.2) is 77.6 Å². The number of esters is 1. The summed E-state index contributed by atoms with van der Waals surface area (Å²) in [5.41, 5.74) is 2.59. The van der Waals surface area contributed by atoms with Crippen molar-refractivity contribution in [3.05, 3.63) is 100 Å². The number of nitrogens with zero attached hydrogens (tertiary/aromatic N) is 2. The maximum atomic E-state index is 12.7. The van der Waals surface area contributed by atoms with Crippen molar-refractivity contribution in [1.82, 2.24) is 9.38 Å². The molecule has 0 saturated heterocycles. The highest BCUT2D eigenvalue weighted by molar-refractivity contribution is 5.96. The normalized spacial score (nSPS) is 10.9. The van der Waals surface area contributed by atoms with E-state index < -0.39 is 12.6 Å².